The molecule has 0 atom stereocenters. The van der Waals surface area contributed by atoms with E-state index in [1.54, 1.807) is 30.3 Å². The van der Waals surface area contributed by atoms with Crippen LogP contribution in [0, 0.1) is 0 Å². The number of benzene rings is 1. The van der Waals surface area contributed by atoms with Crippen LogP contribution in [0.1, 0.15) is 0 Å². The van der Waals surface area contributed by atoms with Crippen LogP contribution in [0.5, 0.6) is 11.6 Å². The first kappa shape index (κ1) is 11.2. The first-order valence-corrected chi connectivity index (χ1v) is 5.54. The molecule has 1 aromatic carbocycles. The first-order chi connectivity index (χ1) is 7.63. The lowest BCUT2D eigenvalue weighted by molar-refractivity contribution is 0.461. The van der Waals surface area contributed by atoms with E-state index in [4.69, 9.17) is 22.1 Å². The topological polar surface area (TPSA) is 61.0 Å². The molecular weight excluding hydrogens is 293 g/mol. The maximum absolute atomic E-state index is 5.69. The second-order valence-corrected chi connectivity index (χ2v) is 4.12. The third-order valence-corrected chi connectivity index (χ3v) is 2.32. The second kappa shape index (κ2) is 4.67. The van der Waals surface area contributed by atoms with Crippen LogP contribution < -0.4 is 10.5 Å². The fraction of sp³-hybridized carbons (Fsp3) is 0. The van der Waals surface area contributed by atoms with Gasteiger partial charge in [0.05, 0.1) is 0 Å². The minimum absolute atomic E-state index is 0.125. The van der Waals surface area contributed by atoms with Gasteiger partial charge in [0.15, 0.2) is 0 Å². The molecule has 82 valence electrons. The van der Waals surface area contributed by atoms with Crippen molar-refractivity contribution in [2.45, 2.75) is 0 Å². The van der Waals surface area contributed by atoms with Gasteiger partial charge in [-0.05, 0) is 51.8 Å². The predicted molar refractivity (Wildman–Crippen MR) is 65.7 cm³/mol. The van der Waals surface area contributed by atoms with Crippen molar-refractivity contribution in [2.24, 2.45) is 0 Å². The summed E-state index contributed by atoms with van der Waals surface area (Å²) >= 11 is 8.89. The molecule has 6 heteroatoms. The quantitative estimate of drug-likeness (QED) is 0.525. The van der Waals surface area contributed by atoms with Crippen molar-refractivity contribution in [1.82, 2.24) is 9.97 Å². The van der Waals surface area contributed by atoms with Gasteiger partial charge >= 0.3 is 0 Å². The number of ether oxygens (including phenoxy) is 1. The molecule has 0 saturated heterocycles. The fourth-order valence-corrected chi connectivity index (χ4v) is 1.72. The summed E-state index contributed by atoms with van der Waals surface area (Å²) in [6.07, 6.45) is 0. The Hall–Kier alpha value is -1.33. The third kappa shape index (κ3) is 2.84. The van der Waals surface area contributed by atoms with Crippen LogP contribution in [-0.2, 0) is 0 Å². The van der Waals surface area contributed by atoms with Crippen LogP contribution in [0.15, 0.2) is 34.9 Å². The zero-order valence-corrected chi connectivity index (χ0v) is 10.4. The van der Waals surface area contributed by atoms with Crippen molar-refractivity contribution in [3.63, 3.8) is 0 Å². The minimum Gasteiger partial charge on any atom is -0.439 e. The van der Waals surface area contributed by atoms with E-state index >= 15 is 0 Å². The van der Waals surface area contributed by atoms with E-state index in [1.165, 1.54) is 0 Å². The summed E-state index contributed by atoms with van der Waals surface area (Å²) in [6, 6.07) is 8.61. The SMILES string of the molecule is Nc1ccc(Oc2cc(Br)nc(Cl)n2)cc1. The Bertz CT molecular complexity index is 484. The number of nitrogen functional groups attached to an aromatic ring is 1. The third-order valence-electron chi connectivity index (χ3n) is 1.75. The smallest absolute Gasteiger partial charge is 0.226 e. The Morgan fingerprint density at radius 1 is 1.19 bits per heavy atom. The van der Waals surface area contributed by atoms with Gasteiger partial charge in [-0.3, -0.25) is 0 Å². The van der Waals surface area contributed by atoms with Gasteiger partial charge in [-0.25, -0.2) is 4.98 Å². The van der Waals surface area contributed by atoms with Gasteiger partial charge in [0.1, 0.15) is 10.4 Å². The van der Waals surface area contributed by atoms with Gasteiger partial charge < -0.3 is 10.5 Å². The highest BCUT2D eigenvalue weighted by molar-refractivity contribution is 9.10. The molecule has 1 aromatic heterocycles. The zero-order chi connectivity index (χ0) is 11.5. The number of anilines is 1. The van der Waals surface area contributed by atoms with Gasteiger partial charge in [0.2, 0.25) is 11.2 Å². The number of halogens is 2. The highest BCUT2D eigenvalue weighted by Crippen LogP contribution is 2.23. The monoisotopic (exact) mass is 299 g/mol. The van der Waals surface area contributed by atoms with Crippen molar-refractivity contribution in [3.05, 3.63) is 40.2 Å². The van der Waals surface area contributed by atoms with E-state index in [2.05, 4.69) is 25.9 Å². The van der Waals surface area contributed by atoms with Crippen molar-refractivity contribution >= 4 is 33.2 Å². The lowest BCUT2D eigenvalue weighted by Crippen LogP contribution is -1.91. The molecule has 2 rings (SSSR count). The van der Waals surface area contributed by atoms with Gasteiger partial charge in [0, 0.05) is 11.8 Å². The molecule has 4 nitrogen and oxygen atoms in total. The molecule has 2 N–H and O–H groups in total. The Morgan fingerprint density at radius 2 is 1.88 bits per heavy atom. The number of hydrogen-bond acceptors (Lipinski definition) is 4. The van der Waals surface area contributed by atoms with E-state index in [1.807, 2.05) is 0 Å². The van der Waals surface area contributed by atoms with Crippen LogP contribution in [0.3, 0.4) is 0 Å². The van der Waals surface area contributed by atoms with E-state index in [0.717, 1.165) is 0 Å². The molecule has 0 fully saturated rings. The maximum Gasteiger partial charge on any atom is 0.226 e. The summed E-state index contributed by atoms with van der Waals surface area (Å²) in [5.41, 5.74) is 6.23. The predicted octanol–water partition coefficient (Wildman–Crippen LogP) is 3.27. The molecule has 0 aliphatic carbocycles. The van der Waals surface area contributed by atoms with E-state index in [9.17, 15) is 0 Å². The van der Waals surface area contributed by atoms with Crippen molar-refractivity contribution in [2.75, 3.05) is 5.73 Å². The van der Waals surface area contributed by atoms with Crippen LogP contribution in [-0.4, -0.2) is 9.97 Å². The summed E-state index contributed by atoms with van der Waals surface area (Å²) in [5, 5.41) is 0.125. The number of nitrogens with two attached hydrogens (primary N) is 1. The zero-order valence-electron chi connectivity index (χ0n) is 8.02. The second-order valence-electron chi connectivity index (χ2n) is 2.97. The largest absolute Gasteiger partial charge is 0.439 e. The number of rotatable bonds is 2. The Labute approximate surface area is 106 Å². The van der Waals surface area contributed by atoms with Crippen molar-refractivity contribution in [1.29, 1.82) is 0 Å². The molecule has 0 amide bonds. The average Bonchev–Trinajstić information content (AvgIpc) is 2.20. The van der Waals surface area contributed by atoms with Crippen LogP contribution in [0.25, 0.3) is 0 Å². The van der Waals surface area contributed by atoms with Crippen LogP contribution in [0.2, 0.25) is 5.28 Å². The molecule has 0 unspecified atom stereocenters. The lowest BCUT2D eigenvalue weighted by atomic mass is 10.3. The highest BCUT2D eigenvalue weighted by Gasteiger charge is 2.03. The molecule has 1 heterocycles. The van der Waals surface area contributed by atoms with Crippen LogP contribution >= 0.6 is 27.5 Å². The summed E-state index contributed by atoms with van der Waals surface area (Å²) in [7, 11) is 0. The summed E-state index contributed by atoms with van der Waals surface area (Å²) in [6.45, 7) is 0. The summed E-state index contributed by atoms with van der Waals surface area (Å²) in [4.78, 5) is 7.78. The molecule has 0 spiro atoms. The van der Waals surface area contributed by atoms with Crippen molar-refractivity contribution < 1.29 is 4.74 Å². The number of aromatic nitrogens is 2. The van der Waals surface area contributed by atoms with Crippen molar-refractivity contribution in [3.8, 4) is 11.6 Å². The Morgan fingerprint density at radius 3 is 2.50 bits per heavy atom. The molecule has 0 radical (unpaired) electrons. The molecule has 0 saturated carbocycles. The molecular formula is C10H7BrClN3O. The van der Waals surface area contributed by atoms with Gasteiger partial charge in [-0.15, -0.1) is 0 Å². The fourth-order valence-electron chi connectivity index (χ4n) is 1.08. The van der Waals surface area contributed by atoms with E-state index in [0.29, 0.717) is 21.9 Å². The molecule has 2 aromatic rings. The first-order valence-electron chi connectivity index (χ1n) is 4.37. The molecule has 16 heavy (non-hydrogen) atoms. The molecule has 0 aliphatic rings. The van der Waals surface area contributed by atoms with E-state index < -0.39 is 0 Å². The normalized spacial score (nSPS) is 10.1. The Balaban J connectivity index is 2.23. The number of hydrogen-bond donors (Lipinski definition) is 1. The van der Waals surface area contributed by atoms with Gasteiger partial charge in [-0.2, -0.15) is 4.98 Å². The highest BCUT2D eigenvalue weighted by atomic mass is 79.9. The molecule has 0 aliphatic heterocycles. The van der Waals surface area contributed by atoms with Gasteiger partial charge in [0.25, 0.3) is 0 Å². The van der Waals surface area contributed by atoms with Gasteiger partial charge in [-0.1, -0.05) is 0 Å². The number of nitrogens with zero attached hydrogens (tertiary/aromatic N) is 2. The maximum atomic E-state index is 5.69. The Kier molecular flexibility index (Phi) is 3.26. The average molecular weight is 301 g/mol. The molecule has 0 bridgehead atoms. The van der Waals surface area contributed by atoms with E-state index in [-0.39, 0.29) is 5.28 Å². The standard InChI is InChI=1S/C10H7BrClN3O/c11-8-5-9(15-10(12)14-8)16-7-3-1-6(13)2-4-7/h1-5H,13H2. The minimum atomic E-state index is 0.125. The summed E-state index contributed by atoms with van der Waals surface area (Å²) < 4.78 is 6.04. The van der Waals surface area contributed by atoms with Crippen LogP contribution in [0.4, 0.5) is 5.69 Å². The summed E-state index contributed by atoms with van der Waals surface area (Å²) in [5.74, 6) is 1.01. The lowest BCUT2D eigenvalue weighted by Gasteiger charge is -2.05.